The van der Waals surface area contributed by atoms with Crippen molar-refractivity contribution in [3.05, 3.63) is 53.0 Å². The molecular weight excluding hydrogens is 326 g/mol. The Hall–Kier alpha value is -1.46. The largest absolute Gasteiger partial charge is 0.507 e. The van der Waals surface area contributed by atoms with Gasteiger partial charge in [-0.15, -0.1) is 11.8 Å². The fourth-order valence-electron chi connectivity index (χ4n) is 1.47. The Balaban J connectivity index is 1.92. The van der Waals surface area contributed by atoms with Crippen LogP contribution in [0.3, 0.4) is 0 Å². The number of thioether (sulfide) groups is 1. The quantitative estimate of drug-likeness (QED) is 0.832. The Labute approximate surface area is 124 Å². The Morgan fingerprint density at radius 2 is 1.84 bits per heavy atom. The van der Waals surface area contributed by atoms with Gasteiger partial charge in [-0.1, -0.05) is 24.3 Å². The van der Waals surface area contributed by atoms with E-state index >= 15 is 0 Å². The standard InChI is InChI=1S/C14H12BrNO2S/c15-10-5-1-2-6-11(10)16-14(18)9-19-13-8-4-3-7-12(13)17/h1-8,17H,9H2,(H,16,18). The normalized spacial score (nSPS) is 10.2. The molecule has 0 bridgehead atoms. The summed E-state index contributed by atoms with van der Waals surface area (Å²) in [4.78, 5) is 12.5. The topological polar surface area (TPSA) is 49.3 Å². The van der Waals surface area contributed by atoms with E-state index in [1.807, 2.05) is 30.3 Å². The van der Waals surface area contributed by atoms with E-state index in [1.54, 1.807) is 18.2 Å². The lowest BCUT2D eigenvalue weighted by atomic mass is 10.3. The van der Waals surface area contributed by atoms with E-state index in [9.17, 15) is 9.90 Å². The molecule has 1 amide bonds. The van der Waals surface area contributed by atoms with Crippen molar-refractivity contribution in [2.24, 2.45) is 0 Å². The average Bonchev–Trinajstić information content (AvgIpc) is 2.40. The molecular formula is C14H12BrNO2S. The maximum absolute atomic E-state index is 11.8. The fraction of sp³-hybridized carbons (Fsp3) is 0.0714. The van der Waals surface area contributed by atoms with E-state index in [0.717, 1.165) is 10.2 Å². The number of rotatable bonds is 4. The number of carbonyl (C=O) groups excluding carboxylic acids is 1. The molecule has 2 aromatic rings. The maximum Gasteiger partial charge on any atom is 0.234 e. The molecule has 3 nitrogen and oxygen atoms in total. The van der Waals surface area contributed by atoms with Crippen LogP contribution < -0.4 is 5.32 Å². The summed E-state index contributed by atoms with van der Waals surface area (Å²) in [6.07, 6.45) is 0. The van der Waals surface area contributed by atoms with Crippen LogP contribution in [-0.4, -0.2) is 16.8 Å². The van der Waals surface area contributed by atoms with Crippen molar-refractivity contribution in [2.45, 2.75) is 4.90 Å². The van der Waals surface area contributed by atoms with E-state index in [4.69, 9.17) is 0 Å². The molecule has 0 spiro atoms. The van der Waals surface area contributed by atoms with Crippen molar-refractivity contribution in [1.82, 2.24) is 0 Å². The predicted molar refractivity (Wildman–Crippen MR) is 81.6 cm³/mol. The third kappa shape index (κ3) is 4.01. The third-order valence-electron chi connectivity index (χ3n) is 2.37. The summed E-state index contributed by atoms with van der Waals surface area (Å²) in [6, 6.07) is 14.4. The lowest BCUT2D eigenvalue weighted by Gasteiger charge is -2.07. The summed E-state index contributed by atoms with van der Waals surface area (Å²) in [6.45, 7) is 0. The molecule has 2 rings (SSSR count). The molecule has 0 saturated carbocycles. The van der Waals surface area contributed by atoms with Crippen LogP contribution >= 0.6 is 27.7 Å². The number of halogens is 1. The number of para-hydroxylation sites is 2. The van der Waals surface area contributed by atoms with Crippen molar-refractivity contribution in [2.75, 3.05) is 11.1 Å². The van der Waals surface area contributed by atoms with Gasteiger partial charge >= 0.3 is 0 Å². The molecule has 0 atom stereocenters. The van der Waals surface area contributed by atoms with Crippen molar-refractivity contribution >= 4 is 39.3 Å². The molecule has 2 aromatic carbocycles. The van der Waals surface area contributed by atoms with Crippen LogP contribution in [0.2, 0.25) is 0 Å². The summed E-state index contributed by atoms with van der Waals surface area (Å²) in [7, 11) is 0. The van der Waals surface area contributed by atoms with Crippen LogP contribution in [0.15, 0.2) is 57.9 Å². The number of hydrogen-bond donors (Lipinski definition) is 2. The molecule has 98 valence electrons. The molecule has 0 aliphatic carbocycles. The zero-order valence-electron chi connectivity index (χ0n) is 9.97. The van der Waals surface area contributed by atoms with E-state index in [-0.39, 0.29) is 17.4 Å². The number of hydrogen-bond acceptors (Lipinski definition) is 3. The van der Waals surface area contributed by atoms with Gasteiger partial charge in [0.25, 0.3) is 0 Å². The molecule has 19 heavy (non-hydrogen) atoms. The van der Waals surface area contributed by atoms with Gasteiger partial charge in [-0.3, -0.25) is 4.79 Å². The van der Waals surface area contributed by atoms with E-state index in [1.165, 1.54) is 11.8 Å². The van der Waals surface area contributed by atoms with E-state index in [0.29, 0.717) is 4.90 Å². The van der Waals surface area contributed by atoms with Crippen molar-refractivity contribution in [3.63, 3.8) is 0 Å². The van der Waals surface area contributed by atoms with Gasteiger partial charge in [0.1, 0.15) is 5.75 Å². The second-order valence-corrected chi connectivity index (χ2v) is 5.66. The Morgan fingerprint density at radius 3 is 2.58 bits per heavy atom. The molecule has 5 heteroatoms. The number of aromatic hydroxyl groups is 1. The van der Waals surface area contributed by atoms with E-state index in [2.05, 4.69) is 21.2 Å². The fourth-order valence-corrected chi connectivity index (χ4v) is 2.60. The number of nitrogens with one attached hydrogen (secondary N) is 1. The minimum absolute atomic E-state index is 0.111. The highest BCUT2D eigenvalue weighted by atomic mass is 79.9. The van der Waals surface area contributed by atoms with Crippen LogP contribution in [0.4, 0.5) is 5.69 Å². The molecule has 0 aromatic heterocycles. The van der Waals surface area contributed by atoms with Gasteiger partial charge in [-0.05, 0) is 40.2 Å². The molecule has 0 unspecified atom stereocenters. The summed E-state index contributed by atoms with van der Waals surface area (Å²) in [5, 5.41) is 12.4. The molecule has 0 saturated heterocycles. The summed E-state index contributed by atoms with van der Waals surface area (Å²) in [5.74, 6) is 0.333. The Morgan fingerprint density at radius 1 is 1.16 bits per heavy atom. The molecule has 0 heterocycles. The average molecular weight is 338 g/mol. The van der Waals surface area contributed by atoms with Crippen molar-refractivity contribution in [3.8, 4) is 5.75 Å². The maximum atomic E-state index is 11.8. The Bertz CT molecular complexity index is 589. The van der Waals surface area contributed by atoms with Crippen LogP contribution in [0.25, 0.3) is 0 Å². The highest BCUT2D eigenvalue weighted by molar-refractivity contribution is 9.10. The number of benzene rings is 2. The van der Waals surface area contributed by atoms with Gasteiger partial charge in [-0.2, -0.15) is 0 Å². The Kier molecular flexibility index (Phi) is 4.87. The molecule has 0 aliphatic rings. The smallest absolute Gasteiger partial charge is 0.234 e. The zero-order valence-corrected chi connectivity index (χ0v) is 12.4. The lowest BCUT2D eigenvalue weighted by Crippen LogP contribution is -2.14. The van der Waals surface area contributed by atoms with Crippen LogP contribution in [0.1, 0.15) is 0 Å². The number of anilines is 1. The minimum atomic E-state index is -0.111. The van der Waals surface area contributed by atoms with Crippen LogP contribution in [0.5, 0.6) is 5.75 Å². The first-order valence-electron chi connectivity index (χ1n) is 5.62. The summed E-state index contributed by atoms with van der Waals surface area (Å²) in [5.41, 5.74) is 0.741. The zero-order chi connectivity index (χ0) is 13.7. The van der Waals surface area contributed by atoms with Gasteiger partial charge in [0, 0.05) is 9.37 Å². The second kappa shape index (κ2) is 6.63. The van der Waals surface area contributed by atoms with Crippen molar-refractivity contribution < 1.29 is 9.90 Å². The SMILES string of the molecule is O=C(CSc1ccccc1O)Nc1ccccc1Br. The number of carbonyl (C=O) groups is 1. The van der Waals surface area contributed by atoms with Gasteiger partial charge in [0.05, 0.1) is 11.4 Å². The molecule has 0 aliphatic heterocycles. The van der Waals surface area contributed by atoms with Gasteiger partial charge in [-0.25, -0.2) is 0 Å². The molecule has 2 N–H and O–H groups in total. The van der Waals surface area contributed by atoms with Crippen LogP contribution in [0, 0.1) is 0 Å². The number of amides is 1. The van der Waals surface area contributed by atoms with Gasteiger partial charge in [0.15, 0.2) is 0 Å². The van der Waals surface area contributed by atoms with Gasteiger partial charge in [0.2, 0.25) is 5.91 Å². The molecule has 0 radical (unpaired) electrons. The van der Waals surface area contributed by atoms with E-state index < -0.39 is 0 Å². The lowest BCUT2D eigenvalue weighted by molar-refractivity contribution is -0.113. The van der Waals surface area contributed by atoms with Gasteiger partial charge < -0.3 is 10.4 Å². The highest BCUT2D eigenvalue weighted by Crippen LogP contribution is 2.28. The van der Waals surface area contributed by atoms with Crippen LogP contribution in [-0.2, 0) is 4.79 Å². The molecule has 0 fully saturated rings. The first-order chi connectivity index (χ1) is 9.16. The monoisotopic (exact) mass is 337 g/mol. The second-order valence-electron chi connectivity index (χ2n) is 3.78. The number of phenolic OH excluding ortho intramolecular Hbond substituents is 1. The third-order valence-corrected chi connectivity index (χ3v) is 4.13. The first-order valence-corrected chi connectivity index (χ1v) is 7.40. The highest BCUT2D eigenvalue weighted by Gasteiger charge is 2.07. The minimum Gasteiger partial charge on any atom is -0.507 e. The predicted octanol–water partition coefficient (Wildman–Crippen LogP) is 3.89. The first kappa shape index (κ1) is 14.0. The summed E-state index contributed by atoms with van der Waals surface area (Å²) >= 11 is 4.67. The van der Waals surface area contributed by atoms with Crippen molar-refractivity contribution in [1.29, 1.82) is 0 Å². The summed E-state index contributed by atoms with van der Waals surface area (Å²) < 4.78 is 0.843. The number of phenols is 1.